The molecule has 5 fully saturated rings. The van der Waals surface area contributed by atoms with Crippen LogP contribution in [-0.4, -0.2) is 128 Å². The minimum Gasteiger partial charge on any atom is -0.454 e. The number of hydrogen-bond acceptors (Lipinski definition) is 17. The first-order valence-corrected chi connectivity index (χ1v) is 46.6. The molecule has 4 aliphatic carbocycles. The van der Waals surface area contributed by atoms with Gasteiger partial charge < -0.3 is 103 Å². The topological polar surface area (TPSA) is 311 Å². The van der Waals surface area contributed by atoms with Gasteiger partial charge in [-0.2, -0.15) is 0 Å². The molecule has 25 nitrogen and oxygen atoms in total. The average molecular weight is 1910 g/mol. The lowest BCUT2D eigenvalue weighted by molar-refractivity contribution is -0.287. The number of carbonyl (C=O) groups is 4. The molecule has 9 aliphatic rings. The van der Waals surface area contributed by atoms with Crippen molar-refractivity contribution in [2.24, 2.45) is 0 Å². The Morgan fingerprint density at radius 3 is 1.32 bits per heavy atom. The van der Waals surface area contributed by atoms with Gasteiger partial charge in [-0.1, -0.05) is 107 Å². The van der Waals surface area contributed by atoms with Gasteiger partial charge in [0, 0.05) is 134 Å². The predicted octanol–water partition coefficient (Wildman–Crippen LogP) is 20.8. The highest BCUT2D eigenvalue weighted by Gasteiger charge is 2.57. The molecule has 9 N–H and O–H groups in total. The van der Waals surface area contributed by atoms with E-state index in [0.29, 0.717) is 89.5 Å². The van der Waals surface area contributed by atoms with Crippen molar-refractivity contribution in [3.8, 4) is 46.0 Å². The highest BCUT2D eigenvalue weighted by Crippen LogP contribution is 2.58. The maximum Gasteiger partial charge on any atom is 0.586 e. The number of aliphatic hydroxyl groups excluding tert-OH is 4. The predicted molar refractivity (Wildman–Crippen MR) is 504 cm³/mol. The minimum atomic E-state index is -3.76. The lowest BCUT2D eigenvalue weighted by Gasteiger charge is -2.30. The molecular weight excluding hydrogens is 1800 g/mol. The molecule has 12 aromatic rings. The number of aliphatic hydroxyl groups is 4. The summed E-state index contributed by atoms with van der Waals surface area (Å²) >= 11 is 0. The number of benzene rings is 8. The minimum absolute atomic E-state index is 0. The van der Waals surface area contributed by atoms with Crippen LogP contribution in [-0.2, 0) is 86.7 Å². The van der Waals surface area contributed by atoms with Gasteiger partial charge in [-0.3, -0.25) is 19.2 Å². The Labute approximate surface area is 792 Å². The summed E-state index contributed by atoms with van der Waals surface area (Å²) < 4.78 is 160. The number of carbonyl (C=O) groups excluding carboxylic acids is 4. The smallest absolute Gasteiger partial charge is 0.454 e. The Hall–Kier alpha value is -12.6. The molecule has 0 unspecified atom stereocenters. The highest BCUT2D eigenvalue weighted by atomic mass is 19.3. The first-order valence-electron chi connectivity index (χ1n) is 46.6. The number of amides is 4. The van der Waals surface area contributed by atoms with Crippen LogP contribution in [0.2, 0.25) is 0 Å². The molecule has 9 heterocycles. The van der Waals surface area contributed by atoms with Gasteiger partial charge in [0.25, 0.3) is 0 Å². The van der Waals surface area contributed by atoms with E-state index < -0.39 is 82.1 Å². The van der Waals surface area contributed by atoms with Crippen LogP contribution in [0.15, 0.2) is 152 Å². The molecule has 33 heteroatoms. The van der Waals surface area contributed by atoms with Crippen molar-refractivity contribution in [1.82, 2.24) is 18.7 Å². The molecule has 8 aromatic carbocycles. The number of hydrogen-bond donors (Lipinski definition) is 9. The van der Waals surface area contributed by atoms with E-state index >= 15 is 8.78 Å². The molecule has 0 bridgehead atoms. The van der Waals surface area contributed by atoms with Gasteiger partial charge in [-0.15, -0.1) is 26.3 Å². The molecule has 4 aromatic heterocycles. The third-order valence-corrected chi connectivity index (χ3v) is 27.8. The van der Waals surface area contributed by atoms with Crippen LogP contribution in [0.1, 0.15) is 212 Å². The summed E-state index contributed by atoms with van der Waals surface area (Å²) in [6, 6.07) is 43.4. The Morgan fingerprint density at radius 2 is 0.870 bits per heavy atom. The maximum absolute atomic E-state index is 15.2. The van der Waals surface area contributed by atoms with E-state index in [0.717, 1.165) is 107 Å². The van der Waals surface area contributed by atoms with Crippen LogP contribution >= 0.6 is 0 Å². The number of H-pyrrole nitrogens is 1. The average Bonchev–Trinajstić information content (AvgIpc) is 1.59. The van der Waals surface area contributed by atoms with Crippen LogP contribution in [0, 0.1) is 11.6 Å². The summed E-state index contributed by atoms with van der Waals surface area (Å²) in [5.41, 5.74) is 9.03. The van der Waals surface area contributed by atoms with E-state index in [-0.39, 0.29) is 108 Å². The van der Waals surface area contributed by atoms with Gasteiger partial charge in [0.1, 0.15) is 11.6 Å². The van der Waals surface area contributed by atoms with Crippen molar-refractivity contribution in [3.05, 3.63) is 214 Å². The highest BCUT2D eigenvalue weighted by molar-refractivity contribution is 6.06. The van der Waals surface area contributed by atoms with Gasteiger partial charge >= 0.3 is 18.9 Å². The van der Waals surface area contributed by atoms with E-state index in [1.54, 1.807) is 22.8 Å². The van der Waals surface area contributed by atoms with Crippen LogP contribution in [0.3, 0.4) is 0 Å². The third kappa shape index (κ3) is 18.6. The van der Waals surface area contributed by atoms with Crippen molar-refractivity contribution in [2.75, 3.05) is 61.1 Å². The van der Waals surface area contributed by atoms with Crippen molar-refractivity contribution in [3.63, 3.8) is 0 Å². The Kier molecular flexibility index (Phi) is 24.3. The molecule has 21 rings (SSSR count). The lowest BCUT2D eigenvalue weighted by atomic mass is 9.85. The van der Waals surface area contributed by atoms with E-state index in [1.165, 1.54) is 77.6 Å². The first kappa shape index (κ1) is 95.7. The molecule has 4 amide bonds. The maximum atomic E-state index is 15.2. The second-order valence-electron chi connectivity index (χ2n) is 41.1. The third-order valence-electron chi connectivity index (χ3n) is 27.8. The van der Waals surface area contributed by atoms with Crippen molar-refractivity contribution in [2.45, 2.75) is 248 Å². The summed E-state index contributed by atoms with van der Waals surface area (Å²) in [5, 5.41) is 53.6. The zero-order valence-corrected chi connectivity index (χ0v) is 78.7. The Balaban J connectivity index is 0.000000128. The van der Waals surface area contributed by atoms with Gasteiger partial charge in [0.05, 0.1) is 69.9 Å². The quantitative estimate of drug-likeness (QED) is 0.0285. The largest absolute Gasteiger partial charge is 0.586 e. The number of aryl methyl sites for hydroxylation is 1. The molecule has 1 atom stereocenters. The number of alkyl halides is 6. The SMILES string of the molecule is CC(C)(C)c1cc2cc(NC(=O)C3(c4ccc5c(c4)OC(F)(F)O5)CC3)c(F)cc2n1C[C@@H](O)CO.CC(C)(C)c1cc2cc(NC(=O)C3(c4ccc5c(c4)OC(F)(F)O5)CC3)ccc2n1C1CCOCC1.CC(C)(CCO)c1cc2cc(NC(=O)C3(c4ccc5c(c4)OC(F)(F)O5)CC3)c(F)cc2n1CCO.CCc1cc(NC(=O)C2(c3ccc4c(c3)OCO4)CC2)cc2cc(C(C)(C)C)[nH]c12.[HH]. The summed E-state index contributed by atoms with van der Waals surface area (Å²) in [6.45, 7) is 26.8. The number of aromatic nitrogens is 4. The van der Waals surface area contributed by atoms with E-state index in [2.05, 4.69) is 138 Å². The molecule has 5 aliphatic heterocycles. The Morgan fingerprint density at radius 1 is 0.449 bits per heavy atom. The van der Waals surface area contributed by atoms with Crippen LogP contribution in [0.5, 0.6) is 46.0 Å². The molecule has 0 spiro atoms. The summed E-state index contributed by atoms with van der Waals surface area (Å²) in [7, 11) is 0. The van der Waals surface area contributed by atoms with Crippen molar-refractivity contribution in [1.29, 1.82) is 0 Å². The Bertz CT molecular complexity index is 6720. The molecule has 732 valence electrons. The summed E-state index contributed by atoms with van der Waals surface area (Å²) in [4.78, 5) is 56.8. The zero-order valence-electron chi connectivity index (χ0n) is 78.7. The molecule has 0 radical (unpaired) electrons. The monoisotopic (exact) mass is 1910 g/mol. The van der Waals surface area contributed by atoms with Crippen LogP contribution in [0.25, 0.3) is 43.6 Å². The first-order chi connectivity index (χ1) is 65.2. The lowest BCUT2D eigenvalue weighted by Crippen LogP contribution is -2.28. The normalized spacial score (nSPS) is 18.3. The van der Waals surface area contributed by atoms with Crippen LogP contribution in [0.4, 0.5) is 57.9 Å². The number of rotatable bonds is 22. The van der Waals surface area contributed by atoms with Gasteiger partial charge in [-0.05, 0) is 220 Å². The number of anilines is 4. The van der Waals surface area contributed by atoms with Crippen molar-refractivity contribution < 1.29 is 119 Å². The number of nitrogens with one attached hydrogen (secondary N) is 5. The van der Waals surface area contributed by atoms with Crippen LogP contribution < -0.4 is 59.2 Å². The summed E-state index contributed by atoms with van der Waals surface area (Å²) in [5.74, 6) is -1.38. The number of ether oxygens (including phenoxy) is 9. The van der Waals surface area contributed by atoms with Gasteiger partial charge in [-0.25, -0.2) is 8.78 Å². The number of nitrogens with zero attached hydrogens (tertiary/aromatic N) is 3. The second kappa shape index (κ2) is 35.1. The molecule has 4 saturated carbocycles. The number of aromatic amines is 1. The standard InChI is InChI=1S/C28H30F2N2O4.2C26H27F3N2O5.C25H28N2O3.H2/c1-26(2,3)24-15-17-14-19(5-6-21(17)32(24)20-8-12-34-13-9-20)31-25(33)27(10-11-27)18-4-7-22-23(16-18)36-28(29,30)35-22;1-24(2,3)22-9-14-8-18(17(27)11-19(14)31(22)12-16(33)13-32)30-23(34)25(6-7-25)15-4-5-20-21(10-15)36-26(28,29)35-20;1-24(2,7-9-32)22-12-15-11-18(17(27)14-19(15)31(22)8-10-33)30-23(34)25(5-6-25)16-3-4-20-21(13-16)36-26(28,29)35-20;1-5-15-10-18(11-16-12-21(24(2,3)4)27-22(15)16)26-23(28)25(8-9-25)17-6-7-19-20(13-17)30-14-29-19;/h4-7,14-16,20H,8-13H2,1-3H3,(H,31,33);4-5,8-11,16,32-33H,6-7,12-13H2,1-3H3,(H,30,34);3-4,11-14,32-33H,5-10H2,1-2H3,(H,30,34);6-7,10-13,27H,5,8-9,14H2,1-4H3,(H,26,28);1H/t;16-;;;/m.1.../s1. The molecule has 1 saturated heterocycles. The van der Waals surface area contributed by atoms with E-state index in [1.807, 2.05) is 81.7 Å². The van der Waals surface area contributed by atoms with Crippen molar-refractivity contribution >= 4 is 90.0 Å². The molecular formula is C105H114F8N8O17. The zero-order chi connectivity index (χ0) is 98.3. The van der Waals surface area contributed by atoms with Gasteiger partial charge in [0.15, 0.2) is 46.0 Å². The fourth-order valence-electron chi connectivity index (χ4n) is 19.5. The molecule has 138 heavy (non-hydrogen) atoms. The number of fused-ring (bicyclic) bond motifs is 8. The van der Waals surface area contributed by atoms with E-state index in [9.17, 15) is 65.9 Å². The fourth-order valence-corrected chi connectivity index (χ4v) is 19.5. The number of halogens is 8. The fraction of sp³-hybridized carbons (Fsp3) is 0.429. The summed E-state index contributed by atoms with van der Waals surface area (Å²) in [6.07, 6.45) is -3.98. The second-order valence-corrected chi connectivity index (χ2v) is 41.1. The van der Waals surface area contributed by atoms with E-state index in [4.69, 9.17) is 14.2 Å². The van der Waals surface area contributed by atoms with Gasteiger partial charge in [0.2, 0.25) is 30.4 Å².